The van der Waals surface area contributed by atoms with E-state index in [1.54, 1.807) is 7.11 Å². The molecule has 0 spiro atoms. The molecule has 4 rings (SSSR count). The lowest BCUT2D eigenvalue weighted by Crippen LogP contribution is -2.36. The van der Waals surface area contributed by atoms with E-state index in [2.05, 4.69) is 27.0 Å². The number of nitrogens with one attached hydrogen (secondary N) is 1. The Labute approximate surface area is 159 Å². The van der Waals surface area contributed by atoms with Gasteiger partial charge in [0.2, 0.25) is 0 Å². The molecule has 2 aliphatic heterocycles. The summed E-state index contributed by atoms with van der Waals surface area (Å²) in [5, 5.41) is 0. The molecule has 0 radical (unpaired) electrons. The fraction of sp³-hybridized carbons (Fsp3) is 0.524. The highest BCUT2D eigenvalue weighted by molar-refractivity contribution is 5.28. The zero-order valence-corrected chi connectivity index (χ0v) is 16.0. The highest BCUT2D eigenvalue weighted by Crippen LogP contribution is 2.33. The molecule has 1 N–H and O–H groups in total. The molecule has 144 valence electrons. The van der Waals surface area contributed by atoms with Gasteiger partial charge in [0.15, 0.2) is 0 Å². The van der Waals surface area contributed by atoms with Crippen LogP contribution in [-0.2, 0) is 24.1 Å². The van der Waals surface area contributed by atoms with Crippen LogP contribution in [0, 0.1) is 6.92 Å². The second-order valence-electron chi connectivity index (χ2n) is 7.53. The Morgan fingerprint density at radius 2 is 1.89 bits per heavy atom. The summed E-state index contributed by atoms with van der Waals surface area (Å²) in [6.45, 7) is 3.91. The largest absolute Gasteiger partial charge is 0.491 e. The summed E-state index contributed by atoms with van der Waals surface area (Å²) in [5.41, 5.74) is 3.20. The third-order valence-electron chi connectivity index (χ3n) is 5.70. The summed E-state index contributed by atoms with van der Waals surface area (Å²) < 4.78 is 10.7. The smallest absolute Gasteiger partial charge is 0.254 e. The maximum absolute atomic E-state index is 12.4. The maximum atomic E-state index is 12.4. The minimum atomic E-state index is 0.0440. The van der Waals surface area contributed by atoms with Crippen molar-refractivity contribution in [2.75, 3.05) is 20.3 Å². The number of benzene rings is 1. The molecule has 0 saturated carbocycles. The number of nitrogens with zero attached hydrogens (tertiary/aromatic N) is 2. The van der Waals surface area contributed by atoms with Crippen LogP contribution in [0.4, 0.5) is 0 Å². The van der Waals surface area contributed by atoms with E-state index in [1.807, 2.05) is 19.1 Å². The Morgan fingerprint density at radius 1 is 1.15 bits per heavy atom. The number of aryl methyl sites for hydroxylation is 1. The van der Waals surface area contributed by atoms with Gasteiger partial charge in [0.25, 0.3) is 5.56 Å². The number of H-pyrrole nitrogens is 1. The summed E-state index contributed by atoms with van der Waals surface area (Å²) >= 11 is 0. The van der Waals surface area contributed by atoms with E-state index in [9.17, 15) is 4.79 Å². The van der Waals surface area contributed by atoms with Gasteiger partial charge in [0.05, 0.1) is 12.3 Å². The monoisotopic (exact) mass is 369 g/mol. The summed E-state index contributed by atoms with van der Waals surface area (Å²) in [5.74, 6) is 1.58. The summed E-state index contributed by atoms with van der Waals surface area (Å²) in [4.78, 5) is 22.5. The molecule has 1 saturated heterocycles. The lowest BCUT2D eigenvalue weighted by atomic mass is 9.98. The molecule has 2 aliphatic rings. The van der Waals surface area contributed by atoms with E-state index >= 15 is 0 Å². The van der Waals surface area contributed by atoms with Crippen LogP contribution >= 0.6 is 0 Å². The Hall–Kier alpha value is -2.18. The van der Waals surface area contributed by atoms with Crippen LogP contribution in [0.1, 0.15) is 35.5 Å². The zero-order valence-electron chi connectivity index (χ0n) is 16.0. The molecule has 6 heteroatoms. The van der Waals surface area contributed by atoms with Crippen molar-refractivity contribution in [3.05, 3.63) is 57.3 Å². The second-order valence-corrected chi connectivity index (χ2v) is 7.53. The van der Waals surface area contributed by atoms with E-state index in [0.29, 0.717) is 31.1 Å². The van der Waals surface area contributed by atoms with Gasteiger partial charge in [-0.3, -0.25) is 9.69 Å². The van der Waals surface area contributed by atoms with Gasteiger partial charge in [-0.1, -0.05) is 12.1 Å². The first-order valence-corrected chi connectivity index (χ1v) is 9.69. The van der Waals surface area contributed by atoms with Crippen molar-refractivity contribution in [2.45, 2.75) is 51.2 Å². The molecule has 1 fully saturated rings. The van der Waals surface area contributed by atoms with Crippen LogP contribution in [0.3, 0.4) is 0 Å². The minimum Gasteiger partial charge on any atom is -0.491 e. The van der Waals surface area contributed by atoms with Gasteiger partial charge in [-0.25, -0.2) is 4.98 Å². The van der Waals surface area contributed by atoms with Crippen molar-refractivity contribution in [1.82, 2.24) is 14.9 Å². The topological polar surface area (TPSA) is 67.5 Å². The lowest BCUT2D eigenvalue weighted by Gasteiger charge is -2.28. The van der Waals surface area contributed by atoms with Gasteiger partial charge in [-0.15, -0.1) is 0 Å². The first-order chi connectivity index (χ1) is 13.1. The van der Waals surface area contributed by atoms with Crippen molar-refractivity contribution in [1.29, 1.82) is 0 Å². The van der Waals surface area contributed by atoms with Crippen LogP contribution in [0.5, 0.6) is 5.75 Å². The molecule has 3 heterocycles. The minimum absolute atomic E-state index is 0.0440. The maximum Gasteiger partial charge on any atom is 0.254 e. The van der Waals surface area contributed by atoms with Crippen molar-refractivity contribution in [3.8, 4) is 5.75 Å². The second kappa shape index (κ2) is 7.82. The van der Waals surface area contributed by atoms with E-state index in [0.717, 1.165) is 42.8 Å². The van der Waals surface area contributed by atoms with Gasteiger partial charge in [-0.2, -0.15) is 0 Å². The first kappa shape index (κ1) is 18.2. The molecule has 2 atom stereocenters. The molecule has 1 aromatic carbocycles. The van der Waals surface area contributed by atoms with Crippen LogP contribution in [0.25, 0.3) is 0 Å². The highest BCUT2D eigenvalue weighted by Gasteiger charge is 2.38. The molecule has 0 amide bonds. The fourth-order valence-corrected chi connectivity index (χ4v) is 4.36. The van der Waals surface area contributed by atoms with Crippen molar-refractivity contribution >= 4 is 0 Å². The fourth-order valence-electron chi connectivity index (χ4n) is 4.36. The Morgan fingerprint density at radius 3 is 2.63 bits per heavy atom. The van der Waals surface area contributed by atoms with Crippen molar-refractivity contribution in [2.24, 2.45) is 0 Å². The third-order valence-corrected chi connectivity index (χ3v) is 5.70. The number of ether oxygens (including phenoxy) is 2. The molecular formula is C21H27N3O3. The molecule has 27 heavy (non-hydrogen) atoms. The quantitative estimate of drug-likeness (QED) is 0.791. The van der Waals surface area contributed by atoms with E-state index < -0.39 is 0 Å². The predicted octanol–water partition coefficient (Wildman–Crippen LogP) is 2.24. The predicted molar refractivity (Wildman–Crippen MR) is 103 cm³/mol. The molecule has 2 aromatic rings. The van der Waals surface area contributed by atoms with Gasteiger partial charge < -0.3 is 14.5 Å². The van der Waals surface area contributed by atoms with E-state index in [-0.39, 0.29) is 5.56 Å². The number of fused-ring (bicyclic) bond motifs is 3. The Bertz CT molecular complexity index is 847. The van der Waals surface area contributed by atoms with Crippen LogP contribution in [-0.4, -0.2) is 47.3 Å². The van der Waals surface area contributed by atoms with E-state index in [4.69, 9.17) is 9.47 Å². The number of aromatic nitrogens is 2. The summed E-state index contributed by atoms with van der Waals surface area (Å²) in [6, 6.07) is 9.19. The van der Waals surface area contributed by atoms with Gasteiger partial charge in [-0.05, 0) is 43.9 Å². The molecule has 0 aliphatic carbocycles. The number of methoxy groups -OCH3 is 1. The van der Waals surface area contributed by atoms with Crippen molar-refractivity contribution < 1.29 is 9.47 Å². The summed E-state index contributed by atoms with van der Waals surface area (Å²) in [6.07, 6.45) is 3.99. The molecule has 2 unspecified atom stereocenters. The van der Waals surface area contributed by atoms with E-state index in [1.165, 1.54) is 12.0 Å². The molecule has 1 aromatic heterocycles. The normalized spacial score (nSPS) is 21.7. The molecular weight excluding hydrogens is 342 g/mol. The van der Waals surface area contributed by atoms with Crippen molar-refractivity contribution in [3.63, 3.8) is 0 Å². The Balaban J connectivity index is 1.47. The van der Waals surface area contributed by atoms with Gasteiger partial charge >= 0.3 is 0 Å². The molecule has 2 bridgehead atoms. The van der Waals surface area contributed by atoms with Crippen LogP contribution in [0.15, 0.2) is 29.1 Å². The zero-order chi connectivity index (χ0) is 18.8. The standard InChI is InChI=1S/C21H27N3O3/c1-14-22-20-12-17-6-5-16(11-19(20)21(25)23-14)24(17)13-15-3-7-18(8-4-15)27-10-9-26-2/h3-4,7-8,16-17H,5-6,9-13H2,1-2H3,(H,22,23,25). The van der Waals surface area contributed by atoms with Gasteiger partial charge in [0.1, 0.15) is 18.2 Å². The third kappa shape index (κ3) is 3.92. The number of rotatable bonds is 6. The van der Waals surface area contributed by atoms with Crippen LogP contribution < -0.4 is 10.3 Å². The first-order valence-electron chi connectivity index (χ1n) is 9.69. The molecule has 6 nitrogen and oxygen atoms in total. The Kier molecular flexibility index (Phi) is 5.27. The number of aromatic amines is 1. The number of hydrogen-bond acceptors (Lipinski definition) is 5. The average Bonchev–Trinajstić information content (AvgIpc) is 2.92. The number of hydrogen-bond donors (Lipinski definition) is 1. The summed E-state index contributed by atoms with van der Waals surface area (Å²) in [7, 11) is 1.67. The average molecular weight is 369 g/mol. The lowest BCUT2D eigenvalue weighted by molar-refractivity contribution is 0.146. The SMILES string of the molecule is COCCOc1ccc(CN2C3CCC2Cc2c(nc(C)[nH]c2=O)C3)cc1. The highest BCUT2D eigenvalue weighted by atomic mass is 16.5. The van der Waals surface area contributed by atoms with Gasteiger partial charge in [0, 0.05) is 37.7 Å². The van der Waals surface area contributed by atoms with Crippen LogP contribution in [0.2, 0.25) is 0 Å².